The van der Waals surface area contributed by atoms with E-state index < -0.39 is 5.91 Å². The lowest BCUT2D eigenvalue weighted by Gasteiger charge is -2.55. The Balaban J connectivity index is 1.72. The van der Waals surface area contributed by atoms with Gasteiger partial charge in [-0.3, -0.25) is 4.79 Å². The van der Waals surface area contributed by atoms with E-state index in [0.717, 1.165) is 17.9 Å². The maximum atomic E-state index is 12.2. The van der Waals surface area contributed by atoms with Gasteiger partial charge >= 0.3 is 0 Å². The molecule has 1 heterocycles. The Labute approximate surface area is 155 Å². The van der Waals surface area contributed by atoms with Gasteiger partial charge in [0.1, 0.15) is 5.02 Å². The number of fused-ring (bicyclic) bond motifs is 1. The zero-order valence-corrected chi connectivity index (χ0v) is 15.5. The Morgan fingerprint density at radius 2 is 2.12 bits per heavy atom. The van der Waals surface area contributed by atoms with Gasteiger partial charge < -0.3 is 5.73 Å². The lowest BCUT2D eigenvalue weighted by atomic mass is 9.49. The van der Waals surface area contributed by atoms with Crippen LogP contribution in [0.4, 0.5) is 5.69 Å². The van der Waals surface area contributed by atoms with Crippen LogP contribution in [0.1, 0.15) is 37.2 Å². The molecule has 0 unspecified atom stereocenters. The fourth-order valence-corrected chi connectivity index (χ4v) is 4.04. The Hall–Kier alpha value is -1.30. The minimum Gasteiger partial charge on any atom is -0.396 e. The molecule has 1 amide bonds. The van der Waals surface area contributed by atoms with Crippen molar-refractivity contribution in [2.45, 2.75) is 26.7 Å². The number of nitrogens with zero attached hydrogens (tertiary/aromatic N) is 2. The fourth-order valence-electron chi connectivity index (χ4n) is 3.45. The fraction of sp³-hybridized carbons (Fsp3) is 0.438. The number of hydrazone groups is 1. The first kappa shape index (κ1) is 17.5. The first-order valence-corrected chi connectivity index (χ1v) is 8.70. The Kier molecular flexibility index (Phi) is 4.53. The number of pyridine rings is 1. The number of aromatic nitrogens is 1. The van der Waals surface area contributed by atoms with Gasteiger partial charge in [-0.1, -0.05) is 54.7 Å². The minimum atomic E-state index is -0.594. The Bertz CT molecular complexity index is 773. The number of hydrogen-bond donors (Lipinski definition) is 2. The van der Waals surface area contributed by atoms with Crippen molar-refractivity contribution < 1.29 is 4.79 Å². The highest BCUT2D eigenvalue weighted by molar-refractivity contribution is 6.46. The van der Waals surface area contributed by atoms with E-state index in [1.807, 2.05) is 0 Å². The van der Waals surface area contributed by atoms with Crippen LogP contribution >= 0.6 is 34.8 Å². The molecular formula is C16H17Cl3N4O. The number of hydrogen-bond acceptors (Lipinski definition) is 4. The van der Waals surface area contributed by atoms with Gasteiger partial charge in [-0.25, -0.2) is 10.4 Å². The molecule has 3 N–H and O–H groups in total. The predicted molar refractivity (Wildman–Crippen MR) is 97.7 cm³/mol. The van der Waals surface area contributed by atoms with Crippen LogP contribution in [0.2, 0.25) is 15.2 Å². The highest BCUT2D eigenvalue weighted by Crippen LogP contribution is 2.58. The standard InChI is InChI=1S/C16H17Cl3N4O/c1-16(2)8-4-3-7(9(16)5-8)6-21-23-15(24)13-10(17)12(20)11(18)14(19)22-13/h3,6,8-9H,4-5H2,1-2H3,(H2,20,22)(H,23,24)/b21-6+/t8-,9+/m0/s1. The number of anilines is 1. The molecule has 0 aliphatic heterocycles. The molecule has 1 aromatic heterocycles. The first-order chi connectivity index (χ1) is 11.2. The van der Waals surface area contributed by atoms with Crippen molar-refractivity contribution in [2.75, 3.05) is 5.73 Å². The summed E-state index contributed by atoms with van der Waals surface area (Å²) in [5.41, 5.74) is 9.47. The molecule has 1 fully saturated rings. The maximum Gasteiger partial charge on any atom is 0.291 e. The van der Waals surface area contributed by atoms with Crippen molar-refractivity contribution in [2.24, 2.45) is 22.4 Å². The van der Waals surface area contributed by atoms with Crippen molar-refractivity contribution in [3.05, 3.63) is 32.5 Å². The number of carbonyl (C=O) groups is 1. The highest BCUT2D eigenvalue weighted by Gasteiger charge is 2.50. The normalized spacial score (nSPS) is 24.5. The van der Waals surface area contributed by atoms with Gasteiger partial charge in [0, 0.05) is 0 Å². The zero-order chi connectivity index (χ0) is 17.6. The molecule has 8 heteroatoms. The molecule has 2 bridgehead atoms. The summed E-state index contributed by atoms with van der Waals surface area (Å²) >= 11 is 17.7. The van der Waals surface area contributed by atoms with E-state index in [-0.39, 0.29) is 26.6 Å². The molecule has 24 heavy (non-hydrogen) atoms. The number of amides is 1. The van der Waals surface area contributed by atoms with Gasteiger partial charge in [0.15, 0.2) is 10.8 Å². The molecule has 0 saturated heterocycles. The minimum absolute atomic E-state index is 0.0183. The monoisotopic (exact) mass is 386 g/mol. The third kappa shape index (κ3) is 2.79. The molecule has 0 aromatic carbocycles. The number of halogens is 3. The molecule has 3 aliphatic carbocycles. The van der Waals surface area contributed by atoms with E-state index in [0.29, 0.717) is 11.3 Å². The highest BCUT2D eigenvalue weighted by atomic mass is 35.5. The molecule has 3 aliphatic rings. The van der Waals surface area contributed by atoms with Crippen LogP contribution in [0.15, 0.2) is 16.8 Å². The largest absolute Gasteiger partial charge is 0.396 e. The number of nitrogen functional groups attached to an aromatic ring is 1. The SMILES string of the molecule is CC1(C)[C@H]2CC=C(/C=N/NC(=O)c3nc(Cl)c(Cl)c(N)c3Cl)[C@H]1C2. The third-order valence-electron chi connectivity index (χ3n) is 5.18. The van der Waals surface area contributed by atoms with Crippen LogP contribution in [0.25, 0.3) is 0 Å². The predicted octanol–water partition coefficient (Wildman–Crippen LogP) is 4.33. The van der Waals surface area contributed by atoms with E-state index in [2.05, 4.69) is 35.4 Å². The van der Waals surface area contributed by atoms with E-state index in [1.54, 1.807) is 6.21 Å². The summed E-state index contributed by atoms with van der Waals surface area (Å²) in [6, 6.07) is 0. The molecular weight excluding hydrogens is 371 g/mol. The van der Waals surface area contributed by atoms with Gasteiger partial charge in [0.2, 0.25) is 0 Å². The summed E-state index contributed by atoms with van der Waals surface area (Å²) in [5.74, 6) is 0.638. The van der Waals surface area contributed by atoms with Crippen molar-refractivity contribution in [1.29, 1.82) is 0 Å². The second kappa shape index (κ2) is 6.21. The van der Waals surface area contributed by atoms with Gasteiger partial charge in [0.25, 0.3) is 5.91 Å². The Morgan fingerprint density at radius 1 is 1.42 bits per heavy atom. The van der Waals surface area contributed by atoms with Crippen LogP contribution in [0.3, 0.4) is 0 Å². The topological polar surface area (TPSA) is 80.4 Å². The van der Waals surface area contributed by atoms with Gasteiger partial charge in [-0.15, -0.1) is 0 Å². The van der Waals surface area contributed by atoms with Crippen LogP contribution in [0.5, 0.6) is 0 Å². The van der Waals surface area contributed by atoms with Crippen molar-refractivity contribution in [3.8, 4) is 0 Å². The summed E-state index contributed by atoms with van der Waals surface area (Å²) in [6.07, 6.45) is 6.10. The average Bonchev–Trinajstić information content (AvgIpc) is 2.56. The van der Waals surface area contributed by atoms with Crippen LogP contribution in [0, 0.1) is 17.3 Å². The molecule has 0 radical (unpaired) electrons. The van der Waals surface area contributed by atoms with Crippen molar-refractivity contribution in [1.82, 2.24) is 10.4 Å². The lowest BCUT2D eigenvalue weighted by molar-refractivity contribution is -0.00126. The molecule has 2 atom stereocenters. The summed E-state index contributed by atoms with van der Waals surface area (Å²) in [7, 11) is 0. The maximum absolute atomic E-state index is 12.2. The van der Waals surface area contributed by atoms with Crippen LogP contribution < -0.4 is 11.2 Å². The number of rotatable bonds is 3. The smallest absolute Gasteiger partial charge is 0.291 e. The van der Waals surface area contributed by atoms with Crippen molar-refractivity contribution >= 4 is 52.6 Å². The second-order valence-corrected chi connectivity index (χ2v) is 7.85. The lowest BCUT2D eigenvalue weighted by Crippen LogP contribution is -2.48. The molecule has 5 nitrogen and oxygen atoms in total. The molecule has 4 rings (SSSR count). The quantitative estimate of drug-likeness (QED) is 0.460. The number of carbonyl (C=O) groups excluding carboxylic acids is 1. The van der Waals surface area contributed by atoms with Crippen molar-refractivity contribution in [3.63, 3.8) is 0 Å². The van der Waals surface area contributed by atoms with E-state index in [4.69, 9.17) is 40.5 Å². The van der Waals surface area contributed by atoms with Gasteiger partial charge in [-0.05, 0) is 35.7 Å². The molecule has 1 aromatic rings. The van der Waals surface area contributed by atoms with Gasteiger partial charge in [0.05, 0.1) is 16.9 Å². The van der Waals surface area contributed by atoms with E-state index in [1.165, 1.54) is 6.42 Å². The summed E-state index contributed by atoms with van der Waals surface area (Å²) in [4.78, 5) is 16.1. The second-order valence-electron chi connectivity index (χ2n) is 6.74. The molecule has 0 spiro atoms. The van der Waals surface area contributed by atoms with E-state index >= 15 is 0 Å². The summed E-state index contributed by atoms with van der Waals surface area (Å²) < 4.78 is 0. The third-order valence-corrected chi connectivity index (χ3v) is 6.31. The number of allylic oxidation sites excluding steroid dienone is 2. The zero-order valence-electron chi connectivity index (χ0n) is 13.2. The van der Waals surface area contributed by atoms with Gasteiger partial charge in [-0.2, -0.15) is 5.10 Å². The van der Waals surface area contributed by atoms with Crippen LogP contribution in [-0.4, -0.2) is 17.1 Å². The summed E-state index contributed by atoms with van der Waals surface area (Å²) in [5, 5.41) is 3.93. The number of nitrogens with two attached hydrogens (primary N) is 1. The molecule has 1 saturated carbocycles. The summed E-state index contributed by atoms with van der Waals surface area (Å²) in [6.45, 7) is 4.54. The number of nitrogens with one attached hydrogen (secondary N) is 1. The van der Waals surface area contributed by atoms with Crippen LogP contribution in [-0.2, 0) is 0 Å². The first-order valence-electron chi connectivity index (χ1n) is 7.57. The molecule has 128 valence electrons. The average molecular weight is 388 g/mol. The van der Waals surface area contributed by atoms with E-state index in [9.17, 15) is 4.79 Å². The Morgan fingerprint density at radius 3 is 2.75 bits per heavy atom.